The summed E-state index contributed by atoms with van der Waals surface area (Å²) in [6.45, 7) is 0. The van der Waals surface area contributed by atoms with E-state index in [1.54, 1.807) is 26.5 Å². The van der Waals surface area contributed by atoms with Crippen molar-refractivity contribution in [3.05, 3.63) is 42.2 Å². The Morgan fingerprint density at radius 3 is 2.59 bits per heavy atom. The zero-order valence-corrected chi connectivity index (χ0v) is 12.3. The SMILES string of the molecule is CNc1ccc(-c2cc3nccnc3c(NC)n2)cc1C#N. The van der Waals surface area contributed by atoms with Gasteiger partial charge in [0.15, 0.2) is 5.82 Å². The molecule has 0 fully saturated rings. The summed E-state index contributed by atoms with van der Waals surface area (Å²) in [5, 5.41) is 15.3. The molecule has 0 saturated carbocycles. The molecular formula is C16H14N6. The molecular weight excluding hydrogens is 276 g/mol. The largest absolute Gasteiger partial charge is 0.387 e. The van der Waals surface area contributed by atoms with Crippen molar-refractivity contribution in [1.29, 1.82) is 5.26 Å². The number of hydrogen-bond acceptors (Lipinski definition) is 6. The molecule has 108 valence electrons. The summed E-state index contributed by atoms with van der Waals surface area (Å²) in [4.78, 5) is 13.2. The number of nitrogens with one attached hydrogen (secondary N) is 2. The molecule has 0 bridgehead atoms. The minimum Gasteiger partial charge on any atom is -0.387 e. The third-order valence-electron chi connectivity index (χ3n) is 3.40. The second-order valence-electron chi connectivity index (χ2n) is 4.65. The highest BCUT2D eigenvalue weighted by molar-refractivity contribution is 5.88. The average molecular weight is 290 g/mol. The zero-order chi connectivity index (χ0) is 15.5. The van der Waals surface area contributed by atoms with E-state index in [9.17, 15) is 5.26 Å². The maximum atomic E-state index is 9.25. The van der Waals surface area contributed by atoms with Crippen LogP contribution in [0.2, 0.25) is 0 Å². The number of fused-ring (bicyclic) bond motifs is 1. The van der Waals surface area contributed by atoms with E-state index < -0.39 is 0 Å². The summed E-state index contributed by atoms with van der Waals surface area (Å²) in [6.07, 6.45) is 3.29. The van der Waals surface area contributed by atoms with Crippen LogP contribution in [-0.4, -0.2) is 29.0 Å². The van der Waals surface area contributed by atoms with E-state index in [1.165, 1.54) is 0 Å². The Labute approximate surface area is 127 Å². The van der Waals surface area contributed by atoms with E-state index in [-0.39, 0.29) is 0 Å². The van der Waals surface area contributed by atoms with Crippen LogP contribution in [0.15, 0.2) is 36.7 Å². The van der Waals surface area contributed by atoms with Crippen molar-refractivity contribution in [2.45, 2.75) is 0 Å². The predicted octanol–water partition coefficient (Wildman–Crippen LogP) is 2.65. The van der Waals surface area contributed by atoms with Gasteiger partial charge in [0.25, 0.3) is 0 Å². The lowest BCUT2D eigenvalue weighted by Gasteiger charge is -2.09. The van der Waals surface area contributed by atoms with Crippen LogP contribution in [0.5, 0.6) is 0 Å². The lowest BCUT2D eigenvalue weighted by Crippen LogP contribution is -1.99. The fourth-order valence-electron chi connectivity index (χ4n) is 2.31. The van der Waals surface area contributed by atoms with Crippen molar-refractivity contribution >= 4 is 22.5 Å². The van der Waals surface area contributed by atoms with Crippen LogP contribution >= 0.6 is 0 Å². The van der Waals surface area contributed by atoms with Crippen LogP contribution in [0.1, 0.15) is 5.56 Å². The second-order valence-corrected chi connectivity index (χ2v) is 4.65. The van der Waals surface area contributed by atoms with E-state index in [4.69, 9.17) is 0 Å². The van der Waals surface area contributed by atoms with Crippen molar-refractivity contribution in [2.24, 2.45) is 0 Å². The lowest BCUT2D eigenvalue weighted by molar-refractivity contribution is 1.23. The maximum absolute atomic E-state index is 9.25. The van der Waals surface area contributed by atoms with Gasteiger partial charge in [0.2, 0.25) is 0 Å². The van der Waals surface area contributed by atoms with E-state index in [1.807, 2.05) is 24.3 Å². The number of pyridine rings is 1. The number of benzene rings is 1. The number of anilines is 2. The second kappa shape index (κ2) is 5.66. The summed E-state index contributed by atoms with van der Waals surface area (Å²) in [5.41, 5.74) is 4.46. The Bertz CT molecular complexity index is 881. The minimum absolute atomic E-state index is 0.576. The van der Waals surface area contributed by atoms with Crippen LogP contribution in [0.3, 0.4) is 0 Å². The van der Waals surface area contributed by atoms with Gasteiger partial charge in [-0.2, -0.15) is 5.26 Å². The molecule has 0 aliphatic carbocycles. The van der Waals surface area contributed by atoms with Crippen molar-refractivity contribution in [1.82, 2.24) is 15.0 Å². The molecule has 22 heavy (non-hydrogen) atoms. The van der Waals surface area contributed by atoms with Gasteiger partial charge in [-0.05, 0) is 18.2 Å². The molecule has 2 aromatic heterocycles. The first kappa shape index (κ1) is 13.8. The third kappa shape index (κ3) is 2.29. The molecule has 1 aromatic carbocycles. The number of nitriles is 1. The van der Waals surface area contributed by atoms with Crippen LogP contribution in [0.25, 0.3) is 22.3 Å². The highest BCUT2D eigenvalue weighted by Crippen LogP contribution is 2.27. The van der Waals surface area contributed by atoms with Gasteiger partial charge in [-0.1, -0.05) is 6.07 Å². The quantitative estimate of drug-likeness (QED) is 0.771. The predicted molar refractivity (Wildman–Crippen MR) is 86.6 cm³/mol. The number of nitrogens with zero attached hydrogens (tertiary/aromatic N) is 4. The van der Waals surface area contributed by atoms with Gasteiger partial charge in [-0.25, -0.2) is 9.97 Å². The standard InChI is InChI=1S/C16H14N6/c1-18-12-4-3-10(7-11(12)9-17)13-8-14-15(16(19-2)22-13)21-6-5-20-14/h3-8,18H,1-2H3,(H,19,22). The van der Waals surface area contributed by atoms with E-state index >= 15 is 0 Å². The molecule has 6 heteroatoms. The normalized spacial score (nSPS) is 10.2. The zero-order valence-electron chi connectivity index (χ0n) is 12.3. The maximum Gasteiger partial charge on any atom is 0.154 e. The summed E-state index contributed by atoms with van der Waals surface area (Å²) in [7, 11) is 3.59. The van der Waals surface area contributed by atoms with E-state index in [0.29, 0.717) is 11.4 Å². The average Bonchev–Trinajstić information content (AvgIpc) is 2.60. The molecule has 0 radical (unpaired) electrons. The van der Waals surface area contributed by atoms with Gasteiger partial charge in [0.05, 0.1) is 22.5 Å². The van der Waals surface area contributed by atoms with Crippen molar-refractivity contribution in [3.8, 4) is 17.3 Å². The van der Waals surface area contributed by atoms with Gasteiger partial charge < -0.3 is 10.6 Å². The molecule has 0 saturated heterocycles. The Morgan fingerprint density at radius 2 is 1.86 bits per heavy atom. The lowest BCUT2D eigenvalue weighted by atomic mass is 10.1. The van der Waals surface area contributed by atoms with E-state index in [2.05, 4.69) is 31.7 Å². The minimum atomic E-state index is 0.576. The summed E-state index contributed by atoms with van der Waals surface area (Å²) < 4.78 is 0. The van der Waals surface area contributed by atoms with E-state index in [0.717, 1.165) is 28.0 Å². The van der Waals surface area contributed by atoms with Gasteiger partial charge >= 0.3 is 0 Å². The van der Waals surface area contributed by atoms with Crippen molar-refractivity contribution in [2.75, 3.05) is 24.7 Å². The van der Waals surface area contributed by atoms with Crippen molar-refractivity contribution < 1.29 is 0 Å². The first-order chi connectivity index (χ1) is 10.8. The molecule has 0 aliphatic rings. The molecule has 3 rings (SSSR count). The van der Waals surface area contributed by atoms with Gasteiger partial charge in [0.1, 0.15) is 11.6 Å². The van der Waals surface area contributed by atoms with Gasteiger partial charge in [-0.3, -0.25) is 4.98 Å². The Hall–Kier alpha value is -3.20. The monoisotopic (exact) mass is 290 g/mol. The summed E-state index contributed by atoms with van der Waals surface area (Å²) in [5.74, 6) is 0.664. The summed E-state index contributed by atoms with van der Waals surface area (Å²) >= 11 is 0. The first-order valence-corrected chi connectivity index (χ1v) is 6.78. The van der Waals surface area contributed by atoms with Crippen LogP contribution in [0.4, 0.5) is 11.5 Å². The Kier molecular flexibility index (Phi) is 3.54. The van der Waals surface area contributed by atoms with Gasteiger partial charge in [-0.15, -0.1) is 0 Å². The number of rotatable bonds is 3. The van der Waals surface area contributed by atoms with Crippen LogP contribution in [0, 0.1) is 11.3 Å². The number of hydrogen-bond donors (Lipinski definition) is 2. The fraction of sp³-hybridized carbons (Fsp3) is 0.125. The smallest absolute Gasteiger partial charge is 0.154 e. The van der Waals surface area contributed by atoms with Gasteiger partial charge in [0, 0.05) is 32.1 Å². The third-order valence-corrected chi connectivity index (χ3v) is 3.40. The van der Waals surface area contributed by atoms with Crippen LogP contribution in [-0.2, 0) is 0 Å². The highest BCUT2D eigenvalue weighted by atomic mass is 15.0. The highest BCUT2D eigenvalue weighted by Gasteiger charge is 2.10. The molecule has 0 atom stereocenters. The molecule has 0 spiro atoms. The first-order valence-electron chi connectivity index (χ1n) is 6.78. The molecule has 3 aromatic rings. The van der Waals surface area contributed by atoms with Crippen LogP contribution < -0.4 is 10.6 Å². The molecule has 2 N–H and O–H groups in total. The molecule has 6 nitrogen and oxygen atoms in total. The topological polar surface area (TPSA) is 86.5 Å². The Morgan fingerprint density at radius 1 is 1.05 bits per heavy atom. The molecule has 0 unspecified atom stereocenters. The molecule has 0 aliphatic heterocycles. The molecule has 0 amide bonds. The molecule has 2 heterocycles. The van der Waals surface area contributed by atoms with Crippen molar-refractivity contribution in [3.63, 3.8) is 0 Å². The number of aromatic nitrogens is 3. The Balaban J connectivity index is 2.20. The fourth-order valence-corrected chi connectivity index (χ4v) is 2.31. The summed E-state index contributed by atoms with van der Waals surface area (Å²) in [6, 6.07) is 9.68.